The van der Waals surface area contributed by atoms with Gasteiger partial charge in [-0.05, 0) is 68.4 Å². The smallest absolute Gasteiger partial charge is 0.222 e. The maximum atomic E-state index is 14.2. The maximum Gasteiger partial charge on any atom is 0.432 e. The van der Waals surface area contributed by atoms with E-state index in [0.29, 0.717) is 31.2 Å². The van der Waals surface area contributed by atoms with E-state index in [-0.39, 0.29) is 23.2 Å². The van der Waals surface area contributed by atoms with Crippen molar-refractivity contribution in [1.82, 2.24) is 4.72 Å². The number of alkyl halides is 6. The second kappa shape index (κ2) is 10.0. The number of nitrogens with one attached hydrogen (secondary N) is 1. The number of rotatable bonds is 6. The highest BCUT2D eigenvalue weighted by Crippen LogP contribution is 2.47. The fourth-order valence-corrected chi connectivity index (χ4v) is 5.56. The Morgan fingerprint density at radius 3 is 1.88 bits per heavy atom. The van der Waals surface area contributed by atoms with Gasteiger partial charge >= 0.3 is 6.18 Å². The lowest BCUT2D eigenvalue weighted by Crippen LogP contribution is -2.47. The molecule has 2 aromatic rings. The van der Waals surface area contributed by atoms with Crippen molar-refractivity contribution in [3.05, 3.63) is 65.5 Å². The first kappa shape index (κ1) is 28.4. The van der Waals surface area contributed by atoms with Crippen molar-refractivity contribution in [1.29, 1.82) is 0 Å². The molecular formula is C22H23ClF7NO2S. The molecule has 2 aromatic carbocycles. The Labute approximate surface area is 199 Å². The van der Waals surface area contributed by atoms with Crippen LogP contribution in [-0.2, 0) is 15.7 Å². The lowest BCUT2D eigenvalue weighted by molar-refractivity contribution is -0.274. The molecule has 0 aromatic heterocycles. The van der Waals surface area contributed by atoms with Crippen LogP contribution in [0.25, 0.3) is 0 Å². The molecular weight excluding hydrogens is 511 g/mol. The molecule has 3 nitrogen and oxygen atoms in total. The van der Waals surface area contributed by atoms with Gasteiger partial charge in [-0.1, -0.05) is 24.3 Å². The van der Waals surface area contributed by atoms with Crippen LogP contribution in [0.2, 0.25) is 0 Å². The highest BCUT2D eigenvalue weighted by molar-refractivity contribution is 7.89. The maximum absolute atomic E-state index is 14.2. The molecule has 0 radical (unpaired) electrons. The van der Waals surface area contributed by atoms with Gasteiger partial charge in [0, 0.05) is 11.1 Å². The van der Waals surface area contributed by atoms with E-state index in [2.05, 4.69) is 4.72 Å². The summed E-state index contributed by atoms with van der Waals surface area (Å²) < 4.78 is 120. The van der Waals surface area contributed by atoms with Gasteiger partial charge in [0.05, 0.1) is 4.90 Å². The number of benzene rings is 2. The second-order valence-electron chi connectivity index (χ2n) is 8.53. The van der Waals surface area contributed by atoms with Crippen LogP contribution in [0.1, 0.15) is 49.7 Å². The molecule has 3 rings (SSSR count). The van der Waals surface area contributed by atoms with E-state index in [1.165, 1.54) is 12.1 Å². The Morgan fingerprint density at radius 1 is 0.941 bits per heavy atom. The third-order valence-corrected chi connectivity index (χ3v) is 7.76. The van der Waals surface area contributed by atoms with E-state index in [9.17, 15) is 39.2 Å². The first-order valence-electron chi connectivity index (χ1n) is 10.1. The van der Waals surface area contributed by atoms with E-state index >= 15 is 0 Å². The first-order valence-corrected chi connectivity index (χ1v) is 11.6. The van der Waals surface area contributed by atoms with Crippen molar-refractivity contribution >= 4 is 22.4 Å². The van der Waals surface area contributed by atoms with Crippen molar-refractivity contribution in [3.63, 3.8) is 0 Å². The number of halogens is 8. The highest BCUT2D eigenvalue weighted by Gasteiger charge is 2.63. The summed E-state index contributed by atoms with van der Waals surface area (Å²) in [4.78, 5) is -0.0822. The monoisotopic (exact) mass is 533 g/mol. The third kappa shape index (κ3) is 5.68. The van der Waals surface area contributed by atoms with E-state index in [0.717, 1.165) is 36.4 Å². The molecule has 190 valence electrons. The number of hydrogen-bond acceptors (Lipinski definition) is 2. The molecule has 34 heavy (non-hydrogen) atoms. The summed E-state index contributed by atoms with van der Waals surface area (Å²) in [5, 5.41) is 0. The molecule has 0 bridgehead atoms. The minimum atomic E-state index is -5.77. The molecule has 0 aliphatic heterocycles. The molecule has 0 spiro atoms. The fraction of sp³-hybridized carbons (Fsp3) is 0.455. The van der Waals surface area contributed by atoms with Gasteiger partial charge in [0.1, 0.15) is 5.82 Å². The molecule has 12 heteroatoms. The van der Waals surface area contributed by atoms with Crippen LogP contribution in [0.5, 0.6) is 0 Å². The van der Waals surface area contributed by atoms with Crippen molar-refractivity contribution in [2.24, 2.45) is 0 Å². The Hall–Kier alpha value is -1.85. The minimum absolute atomic E-state index is 0. The van der Waals surface area contributed by atoms with E-state index in [1.54, 1.807) is 6.92 Å². The Bertz CT molecular complexity index is 1070. The van der Waals surface area contributed by atoms with Gasteiger partial charge in [-0.25, -0.2) is 30.7 Å². The van der Waals surface area contributed by atoms with Crippen molar-refractivity contribution in [2.75, 3.05) is 0 Å². The topological polar surface area (TPSA) is 46.2 Å². The van der Waals surface area contributed by atoms with E-state index in [4.69, 9.17) is 0 Å². The van der Waals surface area contributed by atoms with Gasteiger partial charge in [0.2, 0.25) is 10.0 Å². The van der Waals surface area contributed by atoms with Gasteiger partial charge in [0.15, 0.2) is 0 Å². The minimum Gasteiger partial charge on any atom is -0.222 e. The summed E-state index contributed by atoms with van der Waals surface area (Å²) in [6, 6.07) is 8.23. The number of hydrogen-bond donors (Lipinski definition) is 1. The average molecular weight is 534 g/mol. The molecule has 1 fully saturated rings. The van der Waals surface area contributed by atoms with Crippen LogP contribution in [0.4, 0.5) is 30.7 Å². The molecule has 0 saturated heterocycles. The predicted octanol–water partition coefficient (Wildman–Crippen LogP) is 6.63. The van der Waals surface area contributed by atoms with Crippen LogP contribution in [-0.4, -0.2) is 26.6 Å². The molecule has 1 aliphatic carbocycles. The summed E-state index contributed by atoms with van der Waals surface area (Å²) in [5.41, 5.74) is -6.17. The molecule has 1 unspecified atom stereocenters. The summed E-state index contributed by atoms with van der Waals surface area (Å²) in [6.07, 6.45) is -8.31. The lowest BCUT2D eigenvalue weighted by Gasteiger charge is -2.38. The standard InChI is InChI=1S/C22H22F7NO2S.ClH/c1-20(30-33(31,32)18-8-6-17(23)7-9-18)12-10-15(11-13-20)14-2-4-16(5-3-14)21(26,19(24)25)22(27,28)29;/h2-9,15,19,30H,10-13H2,1H3;1H. The Balaban J connectivity index is 0.00000408. The van der Waals surface area contributed by atoms with E-state index < -0.39 is 45.2 Å². The first-order chi connectivity index (χ1) is 15.2. The van der Waals surface area contributed by atoms with Crippen molar-refractivity contribution in [2.45, 2.75) is 67.2 Å². The lowest BCUT2D eigenvalue weighted by atomic mass is 9.75. The predicted molar refractivity (Wildman–Crippen MR) is 115 cm³/mol. The zero-order valence-corrected chi connectivity index (χ0v) is 19.5. The summed E-state index contributed by atoms with van der Waals surface area (Å²) >= 11 is 0. The normalized spacial score (nSPS) is 23.3. The number of sulfonamides is 1. The van der Waals surface area contributed by atoms with E-state index in [1.807, 2.05) is 0 Å². The van der Waals surface area contributed by atoms with Gasteiger partial charge in [-0.3, -0.25) is 0 Å². The zero-order chi connectivity index (χ0) is 24.7. The molecule has 1 aliphatic rings. The van der Waals surface area contributed by atoms with Crippen molar-refractivity contribution < 1.29 is 39.2 Å². The van der Waals surface area contributed by atoms with Crippen LogP contribution < -0.4 is 4.72 Å². The van der Waals surface area contributed by atoms with Gasteiger partial charge in [0.25, 0.3) is 12.1 Å². The van der Waals surface area contributed by atoms with Gasteiger partial charge in [-0.2, -0.15) is 13.2 Å². The van der Waals surface area contributed by atoms with Crippen LogP contribution in [0.3, 0.4) is 0 Å². The highest BCUT2D eigenvalue weighted by atomic mass is 35.5. The van der Waals surface area contributed by atoms with Crippen LogP contribution in [0, 0.1) is 5.82 Å². The second-order valence-corrected chi connectivity index (χ2v) is 10.2. The third-order valence-electron chi connectivity index (χ3n) is 6.11. The average Bonchev–Trinajstić information content (AvgIpc) is 2.72. The molecule has 1 atom stereocenters. The van der Waals surface area contributed by atoms with Crippen LogP contribution in [0.15, 0.2) is 53.4 Å². The Morgan fingerprint density at radius 2 is 1.44 bits per heavy atom. The molecule has 1 saturated carbocycles. The van der Waals surface area contributed by atoms with Gasteiger partial charge in [-0.15, -0.1) is 12.4 Å². The largest absolute Gasteiger partial charge is 0.432 e. The fourth-order valence-electron chi connectivity index (χ4n) is 4.10. The van der Waals surface area contributed by atoms with Crippen molar-refractivity contribution in [3.8, 4) is 0 Å². The SMILES string of the molecule is CC1(NS(=O)(=O)c2ccc(F)cc2)CCC(c2ccc(C(F)(C(F)F)C(F)(F)F)cc2)CC1.Cl. The molecule has 0 amide bonds. The van der Waals surface area contributed by atoms with Crippen LogP contribution >= 0.6 is 12.4 Å². The quantitative estimate of drug-likeness (QED) is 0.423. The Kier molecular flexibility index (Phi) is 8.37. The molecule has 0 heterocycles. The summed E-state index contributed by atoms with van der Waals surface area (Å²) in [6.45, 7) is 1.72. The van der Waals surface area contributed by atoms with Gasteiger partial charge < -0.3 is 0 Å². The summed E-state index contributed by atoms with van der Waals surface area (Å²) in [7, 11) is -3.90. The summed E-state index contributed by atoms with van der Waals surface area (Å²) in [5.74, 6) is -0.727. The molecule has 1 N–H and O–H groups in total. The zero-order valence-electron chi connectivity index (χ0n) is 17.9.